The highest BCUT2D eigenvalue weighted by Crippen LogP contribution is 2.23. The molecule has 1 aromatic heterocycles. The van der Waals surface area contributed by atoms with E-state index in [9.17, 15) is 9.18 Å². The van der Waals surface area contributed by atoms with Gasteiger partial charge in [-0.15, -0.1) is 0 Å². The molecular weight excluding hydrogens is 271 g/mol. The zero-order valence-electron chi connectivity index (χ0n) is 11.8. The number of nitrogens with zero attached hydrogens (tertiary/aromatic N) is 2. The average Bonchev–Trinajstić information content (AvgIpc) is 3.07. The van der Waals surface area contributed by atoms with E-state index < -0.39 is 0 Å². The van der Waals surface area contributed by atoms with E-state index in [1.807, 2.05) is 18.0 Å². The third-order valence-corrected chi connectivity index (χ3v) is 3.80. The first kappa shape index (κ1) is 13.8. The minimum absolute atomic E-state index is 0.0632. The Morgan fingerprint density at radius 2 is 2.33 bits per heavy atom. The third kappa shape index (κ3) is 2.80. The number of halogens is 1. The largest absolute Gasteiger partial charge is 0.355 e. The predicted molar refractivity (Wildman–Crippen MR) is 76.9 cm³/mol. The van der Waals surface area contributed by atoms with Gasteiger partial charge in [-0.2, -0.15) is 5.10 Å². The molecule has 3 rings (SSSR count). The van der Waals surface area contributed by atoms with Gasteiger partial charge in [0.1, 0.15) is 5.82 Å². The Kier molecular flexibility index (Phi) is 3.70. The SMILES string of the molecule is CN(Cc1cn[nH]c1-c1cccc(F)c1)C1CCNC1=O. The molecule has 5 nitrogen and oxygen atoms in total. The Hall–Kier alpha value is -2.21. The van der Waals surface area contributed by atoms with Gasteiger partial charge in [0.25, 0.3) is 0 Å². The molecule has 1 unspecified atom stereocenters. The van der Waals surface area contributed by atoms with Crippen LogP contribution in [0, 0.1) is 5.82 Å². The van der Waals surface area contributed by atoms with Gasteiger partial charge in [-0.25, -0.2) is 4.39 Å². The second-order valence-corrected chi connectivity index (χ2v) is 5.29. The maximum Gasteiger partial charge on any atom is 0.237 e. The summed E-state index contributed by atoms with van der Waals surface area (Å²) in [7, 11) is 1.91. The highest BCUT2D eigenvalue weighted by atomic mass is 19.1. The minimum atomic E-state index is -0.281. The van der Waals surface area contributed by atoms with Crippen molar-refractivity contribution in [3.63, 3.8) is 0 Å². The Bertz CT molecular complexity index is 655. The van der Waals surface area contributed by atoms with Crippen molar-refractivity contribution >= 4 is 5.91 Å². The molecular formula is C15H17FN4O. The molecule has 1 aromatic carbocycles. The summed E-state index contributed by atoms with van der Waals surface area (Å²) in [4.78, 5) is 13.7. The maximum absolute atomic E-state index is 13.4. The summed E-state index contributed by atoms with van der Waals surface area (Å²) >= 11 is 0. The van der Waals surface area contributed by atoms with Crippen LogP contribution in [-0.2, 0) is 11.3 Å². The predicted octanol–water partition coefficient (Wildman–Crippen LogP) is 1.54. The molecule has 0 radical (unpaired) electrons. The van der Waals surface area contributed by atoms with E-state index >= 15 is 0 Å². The molecule has 2 N–H and O–H groups in total. The van der Waals surface area contributed by atoms with Crippen molar-refractivity contribution in [2.75, 3.05) is 13.6 Å². The number of benzene rings is 1. The third-order valence-electron chi connectivity index (χ3n) is 3.80. The van der Waals surface area contributed by atoms with Crippen LogP contribution in [0.3, 0.4) is 0 Å². The number of hydrogen-bond donors (Lipinski definition) is 2. The maximum atomic E-state index is 13.4. The number of aromatic amines is 1. The summed E-state index contributed by atoms with van der Waals surface area (Å²) in [5, 5.41) is 9.79. The van der Waals surface area contributed by atoms with Gasteiger partial charge in [0.2, 0.25) is 5.91 Å². The molecule has 6 heteroatoms. The van der Waals surface area contributed by atoms with Crippen LogP contribution in [0.1, 0.15) is 12.0 Å². The van der Waals surface area contributed by atoms with Crippen molar-refractivity contribution < 1.29 is 9.18 Å². The van der Waals surface area contributed by atoms with Crippen molar-refractivity contribution in [2.45, 2.75) is 19.0 Å². The number of likely N-dealkylation sites (N-methyl/N-ethyl adjacent to an activating group) is 1. The molecule has 1 aliphatic heterocycles. The van der Waals surface area contributed by atoms with Gasteiger partial charge in [0.05, 0.1) is 17.9 Å². The molecule has 110 valence electrons. The number of H-pyrrole nitrogens is 1. The zero-order chi connectivity index (χ0) is 14.8. The van der Waals surface area contributed by atoms with Gasteiger partial charge < -0.3 is 5.32 Å². The Labute approximate surface area is 122 Å². The van der Waals surface area contributed by atoms with Crippen LogP contribution < -0.4 is 5.32 Å². The van der Waals surface area contributed by atoms with E-state index in [4.69, 9.17) is 0 Å². The van der Waals surface area contributed by atoms with Crippen molar-refractivity contribution in [1.82, 2.24) is 20.4 Å². The van der Waals surface area contributed by atoms with E-state index in [2.05, 4.69) is 15.5 Å². The molecule has 2 heterocycles. The Morgan fingerprint density at radius 1 is 1.48 bits per heavy atom. The van der Waals surface area contributed by atoms with Gasteiger partial charge in [0, 0.05) is 24.2 Å². The molecule has 0 aliphatic carbocycles. The highest BCUT2D eigenvalue weighted by molar-refractivity contribution is 5.83. The lowest BCUT2D eigenvalue weighted by molar-refractivity contribution is -0.123. The number of rotatable bonds is 4. The lowest BCUT2D eigenvalue weighted by atomic mass is 10.1. The van der Waals surface area contributed by atoms with E-state index in [1.54, 1.807) is 12.3 Å². The quantitative estimate of drug-likeness (QED) is 0.897. The summed E-state index contributed by atoms with van der Waals surface area (Å²) < 4.78 is 13.4. The van der Waals surface area contributed by atoms with Gasteiger partial charge >= 0.3 is 0 Å². The molecule has 21 heavy (non-hydrogen) atoms. The second-order valence-electron chi connectivity index (χ2n) is 5.29. The van der Waals surface area contributed by atoms with Crippen LogP contribution in [0.15, 0.2) is 30.5 Å². The fourth-order valence-electron chi connectivity index (χ4n) is 2.71. The number of nitrogens with one attached hydrogen (secondary N) is 2. The first-order valence-electron chi connectivity index (χ1n) is 6.91. The van der Waals surface area contributed by atoms with Gasteiger partial charge in [0.15, 0.2) is 0 Å². The van der Waals surface area contributed by atoms with E-state index in [-0.39, 0.29) is 17.8 Å². The van der Waals surface area contributed by atoms with Gasteiger partial charge in [-0.05, 0) is 25.6 Å². The van der Waals surface area contributed by atoms with Crippen LogP contribution in [0.4, 0.5) is 4.39 Å². The number of amides is 1. The van der Waals surface area contributed by atoms with Crippen molar-refractivity contribution in [3.05, 3.63) is 41.8 Å². The average molecular weight is 288 g/mol. The minimum Gasteiger partial charge on any atom is -0.355 e. The molecule has 1 atom stereocenters. The van der Waals surface area contributed by atoms with Crippen LogP contribution in [0.2, 0.25) is 0 Å². The summed E-state index contributed by atoms with van der Waals surface area (Å²) in [5.41, 5.74) is 2.49. The van der Waals surface area contributed by atoms with Crippen LogP contribution in [-0.4, -0.2) is 40.6 Å². The van der Waals surface area contributed by atoms with Gasteiger partial charge in [-0.1, -0.05) is 12.1 Å². The van der Waals surface area contributed by atoms with Crippen LogP contribution in [0.5, 0.6) is 0 Å². The van der Waals surface area contributed by atoms with Crippen molar-refractivity contribution in [2.24, 2.45) is 0 Å². The number of carbonyl (C=O) groups excluding carboxylic acids is 1. The second kappa shape index (κ2) is 5.65. The van der Waals surface area contributed by atoms with Crippen LogP contribution in [0.25, 0.3) is 11.3 Å². The summed E-state index contributed by atoms with van der Waals surface area (Å²) in [5.74, 6) is -0.218. The molecule has 0 saturated carbocycles. The molecule has 1 saturated heterocycles. The van der Waals surface area contributed by atoms with E-state index in [0.717, 1.165) is 29.8 Å². The van der Waals surface area contributed by atoms with E-state index in [1.165, 1.54) is 12.1 Å². The number of aromatic nitrogens is 2. The first-order chi connectivity index (χ1) is 10.1. The normalized spacial score (nSPS) is 18.2. The van der Waals surface area contributed by atoms with E-state index in [0.29, 0.717) is 6.54 Å². The Morgan fingerprint density at radius 3 is 3.05 bits per heavy atom. The standard InChI is InChI=1S/C15H17FN4O/c1-20(13-5-6-17-15(13)21)9-11-8-18-19-14(11)10-3-2-4-12(16)7-10/h2-4,7-8,13H,5-6,9H2,1H3,(H,17,21)(H,18,19). The molecule has 1 fully saturated rings. The molecule has 2 aromatic rings. The van der Waals surface area contributed by atoms with Crippen molar-refractivity contribution in [3.8, 4) is 11.3 Å². The molecule has 1 amide bonds. The smallest absolute Gasteiger partial charge is 0.237 e. The lowest BCUT2D eigenvalue weighted by Crippen LogP contribution is -2.37. The highest BCUT2D eigenvalue weighted by Gasteiger charge is 2.28. The number of hydrogen-bond acceptors (Lipinski definition) is 3. The lowest BCUT2D eigenvalue weighted by Gasteiger charge is -2.21. The summed E-state index contributed by atoms with van der Waals surface area (Å²) in [6.07, 6.45) is 2.53. The summed E-state index contributed by atoms with van der Waals surface area (Å²) in [6, 6.07) is 6.28. The topological polar surface area (TPSA) is 61.0 Å². The molecule has 0 spiro atoms. The molecule has 0 bridgehead atoms. The zero-order valence-corrected chi connectivity index (χ0v) is 11.8. The fraction of sp³-hybridized carbons (Fsp3) is 0.333. The van der Waals surface area contributed by atoms with Crippen LogP contribution >= 0.6 is 0 Å². The Balaban J connectivity index is 1.81. The molecule has 1 aliphatic rings. The fourth-order valence-corrected chi connectivity index (χ4v) is 2.71. The first-order valence-corrected chi connectivity index (χ1v) is 6.91. The number of carbonyl (C=O) groups is 1. The van der Waals surface area contributed by atoms with Crippen molar-refractivity contribution in [1.29, 1.82) is 0 Å². The van der Waals surface area contributed by atoms with Gasteiger partial charge in [-0.3, -0.25) is 14.8 Å². The monoisotopic (exact) mass is 288 g/mol. The summed E-state index contributed by atoms with van der Waals surface area (Å²) in [6.45, 7) is 1.30.